The molecule has 0 bridgehead atoms. The Kier molecular flexibility index (Phi) is 7.50. The summed E-state index contributed by atoms with van der Waals surface area (Å²) in [5.74, 6) is 0. The predicted molar refractivity (Wildman–Crippen MR) is 130 cm³/mol. The highest BCUT2D eigenvalue weighted by Crippen LogP contribution is 2.28. The Labute approximate surface area is 180 Å². The summed E-state index contributed by atoms with van der Waals surface area (Å²) < 4.78 is 0. The van der Waals surface area contributed by atoms with Gasteiger partial charge in [-0.05, 0) is 37.3 Å². The number of allylic oxidation sites excluding steroid dienone is 4. The van der Waals surface area contributed by atoms with Crippen LogP contribution in [0.4, 0.5) is 5.69 Å². The van der Waals surface area contributed by atoms with Crippen molar-refractivity contribution < 1.29 is 0 Å². The van der Waals surface area contributed by atoms with Gasteiger partial charge in [0, 0.05) is 72.1 Å². The molecule has 1 fully saturated rings. The number of anilines is 1. The number of fused-ring (bicyclic) bond motifs is 1. The Morgan fingerprint density at radius 3 is 2.40 bits per heavy atom. The first kappa shape index (κ1) is 21.4. The number of benzene rings is 1. The molecule has 4 rings (SSSR count). The second-order valence-corrected chi connectivity index (χ2v) is 7.01. The van der Waals surface area contributed by atoms with E-state index in [2.05, 4.69) is 87.0 Å². The third kappa shape index (κ3) is 4.82. The Morgan fingerprint density at radius 1 is 1.03 bits per heavy atom. The average molecular weight is 401 g/mol. The number of piperazine rings is 1. The summed E-state index contributed by atoms with van der Waals surface area (Å²) in [6, 6.07) is 14.7. The van der Waals surface area contributed by atoms with E-state index in [1.54, 1.807) is 0 Å². The van der Waals surface area contributed by atoms with Gasteiger partial charge in [-0.2, -0.15) is 0 Å². The number of H-pyrrole nitrogens is 1. The summed E-state index contributed by atoms with van der Waals surface area (Å²) in [5, 5.41) is 1.21. The first-order chi connectivity index (χ1) is 14.8. The summed E-state index contributed by atoms with van der Waals surface area (Å²) in [6.45, 7) is 14.4. The SMILES string of the molecule is C=C(/C(=C\C=C/C)N1CCN(c2ccncc2)CC1)c1cc2ccccc2[nH]1.CC. The van der Waals surface area contributed by atoms with Crippen LogP contribution in [-0.2, 0) is 0 Å². The maximum absolute atomic E-state index is 4.43. The van der Waals surface area contributed by atoms with Crippen LogP contribution in [0.1, 0.15) is 26.5 Å². The lowest BCUT2D eigenvalue weighted by molar-refractivity contribution is 0.333. The van der Waals surface area contributed by atoms with E-state index in [0.29, 0.717) is 0 Å². The van der Waals surface area contributed by atoms with Crippen LogP contribution in [-0.4, -0.2) is 41.0 Å². The number of nitrogens with one attached hydrogen (secondary N) is 1. The number of nitrogens with zero attached hydrogens (tertiary/aromatic N) is 3. The minimum absolute atomic E-state index is 0.963. The number of hydrogen-bond acceptors (Lipinski definition) is 3. The number of aromatic nitrogens is 2. The molecule has 0 aliphatic carbocycles. The van der Waals surface area contributed by atoms with Crippen LogP contribution in [0.25, 0.3) is 16.5 Å². The van der Waals surface area contributed by atoms with Crippen LogP contribution in [0.2, 0.25) is 0 Å². The van der Waals surface area contributed by atoms with Crippen molar-refractivity contribution in [3.8, 4) is 0 Å². The van der Waals surface area contributed by atoms with Gasteiger partial charge in [0.1, 0.15) is 0 Å². The van der Waals surface area contributed by atoms with E-state index in [0.717, 1.165) is 43.0 Å². The second kappa shape index (κ2) is 10.5. The summed E-state index contributed by atoms with van der Waals surface area (Å²) in [4.78, 5) is 12.5. The van der Waals surface area contributed by atoms with Crippen molar-refractivity contribution in [1.29, 1.82) is 0 Å². The van der Waals surface area contributed by atoms with Gasteiger partial charge in [-0.15, -0.1) is 0 Å². The highest BCUT2D eigenvalue weighted by atomic mass is 15.3. The molecule has 1 aromatic carbocycles. The maximum Gasteiger partial charge on any atom is 0.0479 e. The molecule has 0 amide bonds. The van der Waals surface area contributed by atoms with Crippen LogP contribution in [0, 0.1) is 0 Å². The topological polar surface area (TPSA) is 35.2 Å². The van der Waals surface area contributed by atoms with E-state index in [1.165, 1.54) is 16.8 Å². The molecule has 0 spiro atoms. The van der Waals surface area contributed by atoms with Crippen molar-refractivity contribution in [1.82, 2.24) is 14.9 Å². The second-order valence-electron chi connectivity index (χ2n) is 7.01. The molecule has 0 saturated carbocycles. The summed E-state index contributed by atoms with van der Waals surface area (Å²) >= 11 is 0. The first-order valence-electron chi connectivity index (χ1n) is 10.8. The highest BCUT2D eigenvalue weighted by Gasteiger charge is 2.21. The van der Waals surface area contributed by atoms with Gasteiger partial charge in [-0.3, -0.25) is 4.98 Å². The van der Waals surface area contributed by atoms with E-state index in [9.17, 15) is 0 Å². The van der Waals surface area contributed by atoms with Gasteiger partial charge in [-0.25, -0.2) is 0 Å². The predicted octanol–water partition coefficient (Wildman–Crippen LogP) is 5.88. The Bertz CT molecular complexity index is 973. The highest BCUT2D eigenvalue weighted by molar-refractivity contribution is 5.87. The quantitative estimate of drug-likeness (QED) is 0.543. The van der Waals surface area contributed by atoms with Gasteiger partial charge in [0.2, 0.25) is 0 Å². The third-order valence-corrected chi connectivity index (χ3v) is 5.26. The molecule has 0 radical (unpaired) electrons. The molecule has 2 aromatic heterocycles. The molecular formula is C26H32N4. The molecular weight excluding hydrogens is 368 g/mol. The van der Waals surface area contributed by atoms with Crippen LogP contribution in [0.15, 0.2) is 85.4 Å². The number of hydrogen-bond donors (Lipinski definition) is 1. The van der Waals surface area contributed by atoms with Gasteiger partial charge < -0.3 is 14.8 Å². The fraction of sp³-hybridized carbons (Fsp3) is 0.269. The van der Waals surface area contributed by atoms with Crippen LogP contribution < -0.4 is 4.90 Å². The zero-order valence-electron chi connectivity index (χ0n) is 18.3. The van der Waals surface area contributed by atoms with Gasteiger partial charge >= 0.3 is 0 Å². The normalized spacial score (nSPS) is 14.7. The van der Waals surface area contributed by atoms with Gasteiger partial charge in [0.25, 0.3) is 0 Å². The number of pyridine rings is 1. The molecule has 30 heavy (non-hydrogen) atoms. The minimum atomic E-state index is 0.963. The maximum atomic E-state index is 4.43. The molecule has 4 heteroatoms. The van der Waals surface area contributed by atoms with Gasteiger partial charge in [-0.1, -0.05) is 50.8 Å². The van der Waals surface area contributed by atoms with Crippen molar-refractivity contribution in [3.05, 3.63) is 91.1 Å². The molecule has 0 atom stereocenters. The van der Waals surface area contributed by atoms with E-state index in [4.69, 9.17) is 0 Å². The largest absolute Gasteiger partial charge is 0.368 e. The standard InChI is InChI=1S/C24H26N4.C2H6/c1-3-4-9-24(19(2)23-18-20-7-5-6-8-22(20)26-23)28-16-14-27(15-17-28)21-10-12-25-13-11-21;1-2/h3-13,18,26H,2,14-17H2,1H3;1-2H3/b4-3-,24-9+;. The van der Waals surface area contributed by atoms with E-state index in [1.807, 2.05) is 33.2 Å². The lowest BCUT2D eigenvalue weighted by Gasteiger charge is -2.38. The molecule has 4 nitrogen and oxygen atoms in total. The van der Waals surface area contributed by atoms with Crippen LogP contribution >= 0.6 is 0 Å². The minimum Gasteiger partial charge on any atom is -0.368 e. The monoisotopic (exact) mass is 400 g/mol. The van der Waals surface area contributed by atoms with Crippen LogP contribution in [0.5, 0.6) is 0 Å². The average Bonchev–Trinajstić information content (AvgIpc) is 3.26. The van der Waals surface area contributed by atoms with Crippen molar-refractivity contribution in [2.45, 2.75) is 20.8 Å². The summed E-state index contributed by atoms with van der Waals surface area (Å²) in [6.07, 6.45) is 10.0. The molecule has 1 aliphatic rings. The number of rotatable bonds is 5. The van der Waals surface area contributed by atoms with Crippen molar-refractivity contribution in [3.63, 3.8) is 0 Å². The molecule has 1 saturated heterocycles. The number of aromatic amines is 1. The van der Waals surface area contributed by atoms with E-state index in [-0.39, 0.29) is 0 Å². The van der Waals surface area contributed by atoms with E-state index >= 15 is 0 Å². The van der Waals surface area contributed by atoms with Crippen LogP contribution in [0.3, 0.4) is 0 Å². The molecule has 156 valence electrons. The molecule has 0 unspecified atom stereocenters. The van der Waals surface area contributed by atoms with Crippen molar-refractivity contribution >= 4 is 22.2 Å². The Morgan fingerprint density at radius 2 is 1.73 bits per heavy atom. The van der Waals surface area contributed by atoms with Gasteiger partial charge in [0.05, 0.1) is 0 Å². The first-order valence-corrected chi connectivity index (χ1v) is 10.8. The smallest absolute Gasteiger partial charge is 0.0479 e. The fourth-order valence-electron chi connectivity index (χ4n) is 3.72. The van der Waals surface area contributed by atoms with Crippen molar-refractivity contribution in [2.24, 2.45) is 0 Å². The zero-order chi connectivity index (χ0) is 21.3. The van der Waals surface area contributed by atoms with Gasteiger partial charge in [0.15, 0.2) is 0 Å². The lowest BCUT2D eigenvalue weighted by atomic mass is 10.1. The molecule has 3 heterocycles. The molecule has 1 N–H and O–H groups in total. The fourth-order valence-corrected chi connectivity index (χ4v) is 3.72. The van der Waals surface area contributed by atoms with E-state index < -0.39 is 0 Å². The zero-order valence-corrected chi connectivity index (χ0v) is 18.3. The van der Waals surface area contributed by atoms with Crippen molar-refractivity contribution in [2.75, 3.05) is 31.1 Å². The molecule has 1 aliphatic heterocycles. The molecule has 3 aromatic rings. The number of para-hydroxylation sites is 1. The Hall–Kier alpha value is -3.27. The third-order valence-electron chi connectivity index (χ3n) is 5.26. The Balaban J connectivity index is 0.00000124. The summed E-state index contributed by atoms with van der Waals surface area (Å²) in [5.41, 5.74) is 5.67. The summed E-state index contributed by atoms with van der Waals surface area (Å²) in [7, 11) is 0. The lowest BCUT2D eigenvalue weighted by Crippen LogP contribution is -2.46.